The Morgan fingerprint density at radius 1 is 1.06 bits per heavy atom. The Morgan fingerprint density at radius 3 is 2.50 bits per heavy atom. The summed E-state index contributed by atoms with van der Waals surface area (Å²) in [7, 11) is 3.08. The first-order valence-electron chi connectivity index (χ1n) is 10.0. The zero-order valence-corrected chi connectivity index (χ0v) is 19.8. The number of aryl methyl sites for hydroxylation is 3. The van der Waals surface area contributed by atoms with Gasteiger partial charge in [-0.25, -0.2) is 10.2 Å². The number of imidazole rings is 1. The molecule has 1 N–H and O–H groups in total. The third-order valence-electron chi connectivity index (χ3n) is 5.43. The summed E-state index contributed by atoms with van der Waals surface area (Å²) < 4.78 is 5.23. The van der Waals surface area contributed by atoms with E-state index >= 15 is 0 Å². The van der Waals surface area contributed by atoms with E-state index < -0.39 is 11.2 Å². The Morgan fingerprint density at radius 2 is 1.78 bits per heavy atom. The van der Waals surface area contributed by atoms with Gasteiger partial charge in [0.25, 0.3) is 5.56 Å². The fraction of sp³-hybridized carbons (Fsp3) is 0.217. The molecular formula is C23H23BrN6O2. The molecule has 4 aromatic rings. The number of hydrogen-bond donors (Lipinski definition) is 1. The van der Waals surface area contributed by atoms with Gasteiger partial charge in [0.2, 0.25) is 5.95 Å². The van der Waals surface area contributed by atoms with Crippen LogP contribution in [0.3, 0.4) is 0 Å². The second kappa shape index (κ2) is 8.58. The summed E-state index contributed by atoms with van der Waals surface area (Å²) in [4.78, 5) is 30.0. The number of hydrazone groups is 1. The highest BCUT2D eigenvalue weighted by Gasteiger charge is 2.19. The van der Waals surface area contributed by atoms with E-state index in [2.05, 4.69) is 49.6 Å². The summed E-state index contributed by atoms with van der Waals surface area (Å²) in [5.41, 5.74) is 6.97. The minimum Gasteiger partial charge on any atom is -0.298 e. The smallest absolute Gasteiger partial charge is 0.298 e. The quantitative estimate of drug-likeness (QED) is 0.340. The third kappa shape index (κ3) is 4.03. The zero-order chi connectivity index (χ0) is 23.0. The first-order chi connectivity index (χ1) is 15.3. The molecule has 0 spiro atoms. The Labute approximate surface area is 193 Å². The van der Waals surface area contributed by atoms with Crippen LogP contribution in [0.4, 0.5) is 5.95 Å². The molecule has 0 atom stereocenters. The molecule has 0 aliphatic heterocycles. The SMILES string of the molecule is Cc1ccc(C)c(Cn2c(NN=Cc3ccc(Br)cc3)nc3c2c(=O)n(C)c(=O)n3C)c1. The van der Waals surface area contributed by atoms with Crippen molar-refractivity contribution >= 4 is 39.3 Å². The predicted octanol–water partition coefficient (Wildman–Crippen LogP) is 3.31. The van der Waals surface area contributed by atoms with E-state index in [1.807, 2.05) is 38.1 Å². The summed E-state index contributed by atoms with van der Waals surface area (Å²) >= 11 is 3.41. The molecule has 0 amide bonds. The van der Waals surface area contributed by atoms with Crippen molar-refractivity contribution in [2.45, 2.75) is 20.4 Å². The number of nitrogens with zero attached hydrogens (tertiary/aromatic N) is 5. The summed E-state index contributed by atoms with van der Waals surface area (Å²) in [6, 6.07) is 13.9. The van der Waals surface area contributed by atoms with Gasteiger partial charge >= 0.3 is 5.69 Å². The van der Waals surface area contributed by atoms with Gasteiger partial charge in [0, 0.05) is 18.6 Å². The lowest BCUT2D eigenvalue weighted by Crippen LogP contribution is -2.37. The Hall–Kier alpha value is -3.46. The van der Waals surface area contributed by atoms with Crippen LogP contribution in [0.2, 0.25) is 0 Å². The molecule has 4 rings (SSSR count). The average Bonchev–Trinajstić information content (AvgIpc) is 3.13. The predicted molar refractivity (Wildman–Crippen MR) is 131 cm³/mol. The van der Waals surface area contributed by atoms with E-state index in [-0.39, 0.29) is 0 Å². The van der Waals surface area contributed by atoms with Gasteiger partial charge in [0.15, 0.2) is 11.2 Å². The lowest BCUT2D eigenvalue weighted by atomic mass is 10.1. The highest BCUT2D eigenvalue weighted by Crippen LogP contribution is 2.20. The summed E-state index contributed by atoms with van der Waals surface area (Å²) in [6.45, 7) is 4.47. The standard InChI is InChI=1S/C23H23BrN6O2/c1-14-5-6-15(2)17(11-14)13-30-19-20(28(3)23(32)29(4)21(19)31)26-22(30)27-25-12-16-7-9-18(24)10-8-16/h5-12H,13H2,1-4H3,(H,26,27). The molecule has 32 heavy (non-hydrogen) atoms. The van der Waals surface area contributed by atoms with Crippen molar-refractivity contribution < 1.29 is 0 Å². The molecule has 2 aromatic carbocycles. The highest BCUT2D eigenvalue weighted by molar-refractivity contribution is 9.10. The molecular weight excluding hydrogens is 472 g/mol. The van der Waals surface area contributed by atoms with Crippen LogP contribution in [-0.4, -0.2) is 24.9 Å². The normalized spacial score (nSPS) is 11.5. The molecule has 0 radical (unpaired) electrons. The van der Waals surface area contributed by atoms with Crippen LogP contribution in [0.25, 0.3) is 11.2 Å². The largest absolute Gasteiger partial charge is 0.332 e. The molecule has 0 unspecified atom stereocenters. The van der Waals surface area contributed by atoms with Gasteiger partial charge in [-0.1, -0.05) is 51.8 Å². The van der Waals surface area contributed by atoms with E-state index in [4.69, 9.17) is 0 Å². The minimum atomic E-state index is -0.427. The van der Waals surface area contributed by atoms with E-state index in [0.29, 0.717) is 23.7 Å². The molecule has 0 fully saturated rings. The zero-order valence-electron chi connectivity index (χ0n) is 18.3. The van der Waals surface area contributed by atoms with Crippen LogP contribution >= 0.6 is 15.9 Å². The average molecular weight is 495 g/mol. The molecule has 2 aromatic heterocycles. The maximum atomic E-state index is 13.0. The monoisotopic (exact) mass is 494 g/mol. The fourth-order valence-electron chi connectivity index (χ4n) is 3.54. The molecule has 0 saturated carbocycles. The van der Waals surface area contributed by atoms with E-state index in [0.717, 1.165) is 31.3 Å². The third-order valence-corrected chi connectivity index (χ3v) is 5.96. The molecule has 0 aliphatic rings. The topological polar surface area (TPSA) is 86.2 Å². The van der Waals surface area contributed by atoms with Crippen molar-refractivity contribution in [2.75, 3.05) is 5.43 Å². The molecule has 0 aliphatic carbocycles. The number of anilines is 1. The van der Waals surface area contributed by atoms with E-state index in [9.17, 15) is 9.59 Å². The first kappa shape index (κ1) is 21.8. The second-order valence-corrected chi connectivity index (χ2v) is 8.67. The maximum absolute atomic E-state index is 13.0. The molecule has 2 heterocycles. The highest BCUT2D eigenvalue weighted by atomic mass is 79.9. The lowest BCUT2D eigenvalue weighted by molar-refractivity contribution is 0.702. The van der Waals surface area contributed by atoms with Crippen molar-refractivity contribution in [3.05, 3.63) is 90.0 Å². The summed E-state index contributed by atoms with van der Waals surface area (Å²) in [5, 5.41) is 4.31. The second-order valence-electron chi connectivity index (χ2n) is 7.75. The Balaban J connectivity index is 1.84. The fourth-order valence-corrected chi connectivity index (χ4v) is 3.80. The van der Waals surface area contributed by atoms with Crippen LogP contribution < -0.4 is 16.7 Å². The number of fused-ring (bicyclic) bond motifs is 1. The van der Waals surface area contributed by atoms with Crippen molar-refractivity contribution in [1.82, 2.24) is 18.7 Å². The molecule has 0 saturated heterocycles. The van der Waals surface area contributed by atoms with Crippen LogP contribution in [0.1, 0.15) is 22.3 Å². The van der Waals surface area contributed by atoms with Crippen molar-refractivity contribution in [3.8, 4) is 0 Å². The maximum Gasteiger partial charge on any atom is 0.332 e. The number of hydrogen-bond acceptors (Lipinski definition) is 5. The van der Waals surface area contributed by atoms with Crippen molar-refractivity contribution in [3.63, 3.8) is 0 Å². The summed E-state index contributed by atoms with van der Waals surface area (Å²) in [5.74, 6) is 0.382. The number of rotatable bonds is 5. The van der Waals surface area contributed by atoms with Crippen LogP contribution in [-0.2, 0) is 20.6 Å². The number of nitrogens with one attached hydrogen (secondary N) is 1. The first-order valence-corrected chi connectivity index (χ1v) is 10.8. The number of halogens is 1. The van der Waals surface area contributed by atoms with E-state index in [1.165, 1.54) is 11.6 Å². The van der Waals surface area contributed by atoms with Gasteiger partial charge in [0.05, 0.1) is 12.8 Å². The number of benzene rings is 2. The van der Waals surface area contributed by atoms with Gasteiger partial charge < -0.3 is 0 Å². The van der Waals surface area contributed by atoms with Gasteiger partial charge in [-0.2, -0.15) is 10.1 Å². The van der Waals surface area contributed by atoms with Gasteiger partial charge in [-0.05, 0) is 42.7 Å². The lowest BCUT2D eigenvalue weighted by Gasteiger charge is -2.12. The molecule has 0 bridgehead atoms. The van der Waals surface area contributed by atoms with Gasteiger partial charge in [-0.15, -0.1) is 0 Å². The van der Waals surface area contributed by atoms with Crippen molar-refractivity contribution in [1.29, 1.82) is 0 Å². The molecule has 164 valence electrons. The molecule has 8 nitrogen and oxygen atoms in total. The van der Waals surface area contributed by atoms with Gasteiger partial charge in [0.1, 0.15) is 0 Å². The van der Waals surface area contributed by atoms with Crippen molar-refractivity contribution in [2.24, 2.45) is 19.2 Å². The minimum absolute atomic E-state index is 0.310. The number of aromatic nitrogens is 4. The van der Waals surface area contributed by atoms with Crippen LogP contribution in [0.5, 0.6) is 0 Å². The Bertz CT molecular complexity index is 1460. The van der Waals surface area contributed by atoms with Crippen LogP contribution in [0.15, 0.2) is 61.6 Å². The van der Waals surface area contributed by atoms with Gasteiger partial charge in [-0.3, -0.25) is 18.5 Å². The summed E-state index contributed by atoms with van der Waals surface area (Å²) in [6.07, 6.45) is 1.67. The van der Waals surface area contributed by atoms with Crippen LogP contribution in [0, 0.1) is 13.8 Å². The Kier molecular flexibility index (Phi) is 5.84. The molecule has 9 heteroatoms. The van der Waals surface area contributed by atoms with E-state index in [1.54, 1.807) is 17.8 Å².